The maximum absolute atomic E-state index is 10.8. The number of carbonyl (C=O) groups is 1. The number of carboxylic acids is 1. The number of benzene rings is 1. The van der Waals surface area contributed by atoms with E-state index in [0.29, 0.717) is 18.3 Å². The molecule has 1 aromatic carbocycles. The number of hydrogen-bond acceptors (Lipinski definition) is 3. The van der Waals surface area contributed by atoms with E-state index in [-0.39, 0.29) is 5.92 Å². The van der Waals surface area contributed by atoms with Crippen molar-refractivity contribution in [3.63, 3.8) is 0 Å². The first-order chi connectivity index (χ1) is 9.61. The van der Waals surface area contributed by atoms with Gasteiger partial charge in [0.05, 0.1) is 5.92 Å². The Labute approximate surface area is 127 Å². The number of halogens is 1. The molecule has 3 rings (SSSR count). The third-order valence-electron chi connectivity index (χ3n) is 3.76. The van der Waals surface area contributed by atoms with Crippen LogP contribution in [0.25, 0.3) is 4.91 Å². The second kappa shape index (κ2) is 5.80. The lowest BCUT2D eigenvalue weighted by Gasteiger charge is -2.38. The molecular formula is C15H16ClNO2S. The Hall–Kier alpha value is -0.970. The van der Waals surface area contributed by atoms with Gasteiger partial charge in [0.2, 0.25) is 0 Å². The molecule has 1 atom stereocenters. The molecule has 3 nitrogen and oxygen atoms in total. The molecule has 1 N–H and O–H groups in total. The maximum Gasteiger partial charge on any atom is 0.309 e. The molecule has 1 fully saturated rings. The van der Waals surface area contributed by atoms with Crippen LogP contribution in [-0.4, -0.2) is 40.9 Å². The number of likely N-dealkylation sites (tertiary alicyclic amines) is 1. The summed E-state index contributed by atoms with van der Waals surface area (Å²) in [5.41, 5.74) is 1.22. The Morgan fingerprint density at radius 1 is 1.35 bits per heavy atom. The third kappa shape index (κ3) is 3.03. The molecule has 0 radical (unpaired) electrons. The van der Waals surface area contributed by atoms with Gasteiger partial charge in [0.1, 0.15) is 0 Å². The summed E-state index contributed by atoms with van der Waals surface area (Å²) in [6.45, 7) is 2.37. The predicted octanol–water partition coefficient (Wildman–Crippen LogP) is 3.20. The summed E-state index contributed by atoms with van der Waals surface area (Å²) >= 11 is 7.79. The number of aliphatic carboxylic acids is 1. The lowest BCUT2D eigenvalue weighted by atomic mass is 10.0. The molecule has 2 heterocycles. The fourth-order valence-electron chi connectivity index (χ4n) is 2.59. The van der Waals surface area contributed by atoms with Gasteiger partial charge in [-0.05, 0) is 24.1 Å². The number of hydrogen-bond donors (Lipinski definition) is 1. The van der Waals surface area contributed by atoms with E-state index in [2.05, 4.69) is 11.0 Å². The monoisotopic (exact) mass is 309 g/mol. The molecule has 0 amide bonds. The molecule has 106 valence electrons. The standard InChI is InChI=1S/C15H16ClNO2S/c16-12-3-1-10(2-4-12)14-6-5-13(20-14)9-17-7-11(8-17)15(18)19/h1-4,6,11,13H,5,7-9H2,(H,18,19). The van der Waals surface area contributed by atoms with Crippen molar-refractivity contribution in [2.45, 2.75) is 11.7 Å². The fourth-order valence-corrected chi connectivity index (χ4v) is 4.02. The number of thioether (sulfide) groups is 1. The van der Waals surface area contributed by atoms with Crippen LogP contribution in [0, 0.1) is 5.92 Å². The Balaban J connectivity index is 1.50. The molecule has 0 aromatic heterocycles. The van der Waals surface area contributed by atoms with Gasteiger partial charge < -0.3 is 10.0 Å². The molecule has 0 aliphatic carbocycles. The number of allylic oxidation sites excluding steroid dienone is 1. The van der Waals surface area contributed by atoms with E-state index >= 15 is 0 Å². The minimum atomic E-state index is -0.666. The highest BCUT2D eigenvalue weighted by Crippen LogP contribution is 2.40. The summed E-state index contributed by atoms with van der Waals surface area (Å²) in [6, 6.07) is 7.93. The Morgan fingerprint density at radius 3 is 2.70 bits per heavy atom. The number of rotatable bonds is 4. The summed E-state index contributed by atoms with van der Waals surface area (Å²) in [5.74, 6) is -0.828. The molecule has 1 saturated heterocycles. The molecule has 5 heteroatoms. The largest absolute Gasteiger partial charge is 0.481 e. The Bertz CT molecular complexity index is 537. The Morgan fingerprint density at radius 2 is 2.05 bits per heavy atom. The van der Waals surface area contributed by atoms with Crippen molar-refractivity contribution >= 4 is 34.2 Å². The van der Waals surface area contributed by atoms with E-state index in [4.69, 9.17) is 16.7 Å². The van der Waals surface area contributed by atoms with E-state index in [1.54, 1.807) is 0 Å². The van der Waals surface area contributed by atoms with Crippen molar-refractivity contribution in [1.29, 1.82) is 0 Å². The first-order valence-electron chi connectivity index (χ1n) is 6.70. The second-order valence-electron chi connectivity index (χ2n) is 5.30. The van der Waals surface area contributed by atoms with Crippen LogP contribution >= 0.6 is 23.4 Å². The number of carboxylic acid groups (broad SMARTS) is 1. The minimum absolute atomic E-state index is 0.162. The molecule has 1 unspecified atom stereocenters. The summed E-state index contributed by atoms with van der Waals surface area (Å²) in [7, 11) is 0. The van der Waals surface area contributed by atoms with Crippen molar-refractivity contribution < 1.29 is 9.90 Å². The first-order valence-corrected chi connectivity index (χ1v) is 7.95. The normalized spacial score (nSPS) is 23.4. The third-order valence-corrected chi connectivity index (χ3v) is 5.34. The van der Waals surface area contributed by atoms with Gasteiger partial charge >= 0.3 is 5.97 Å². The van der Waals surface area contributed by atoms with Gasteiger partial charge in [0, 0.05) is 34.8 Å². The molecule has 2 aliphatic rings. The molecule has 1 aromatic rings. The van der Waals surface area contributed by atoms with Gasteiger partial charge in [0.15, 0.2) is 0 Å². The van der Waals surface area contributed by atoms with Crippen molar-refractivity contribution in [2.24, 2.45) is 5.92 Å². The van der Waals surface area contributed by atoms with Crippen molar-refractivity contribution in [1.82, 2.24) is 4.90 Å². The minimum Gasteiger partial charge on any atom is -0.481 e. The van der Waals surface area contributed by atoms with Crippen LogP contribution in [0.3, 0.4) is 0 Å². The highest BCUT2D eigenvalue weighted by atomic mass is 35.5. The SMILES string of the molecule is O=C(O)C1CN(CC2CC=C(c3ccc(Cl)cc3)S2)C1. The van der Waals surface area contributed by atoms with E-state index < -0.39 is 5.97 Å². The summed E-state index contributed by atoms with van der Waals surface area (Å²) in [4.78, 5) is 14.3. The zero-order chi connectivity index (χ0) is 14.1. The summed E-state index contributed by atoms with van der Waals surface area (Å²) < 4.78 is 0. The van der Waals surface area contributed by atoms with E-state index in [1.165, 1.54) is 10.5 Å². The van der Waals surface area contributed by atoms with Crippen LogP contribution in [0.4, 0.5) is 0 Å². The van der Waals surface area contributed by atoms with Crippen molar-refractivity contribution in [3.05, 3.63) is 40.9 Å². The van der Waals surface area contributed by atoms with Gasteiger partial charge in [-0.25, -0.2) is 0 Å². The number of nitrogens with zero attached hydrogens (tertiary/aromatic N) is 1. The van der Waals surface area contributed by atoms with Gasteiger partial charge in [-0.2, -0.15) is 0 Å². The molecular weight excluding hydrogens is 294 g/mol. The van der Waals surface area contributed by atoms with E-state index in [0.717, 1.165) is 18.0 Å². The van der Waals surface area contributed by atoms with Crippen LogP contribution in [0.1, 0.15) is 12.0 Å². The lowest BCUT2D eigenvalue weighted by molar-refractivity contribution is -0.147. The van der Waals surface area contributed by atoms with Gasteiger partial charge in [-0.1, -0.05) is 29.8 Å². The average Bonchev–Trinajstić information content (AvgIpc) is 2.82. The van der Waals surface area contributed by atoms with Gasteiger partial charge in [-0.3, -0.25) is 4.79 Å². The Kier molecular flexibility index (Phi) is 4.06. The maximum atomic E-state index is 10.8. The first kappa shape index (κ1) is 14.0. The van der Waals surface area contributed by atoms with Crippen LogP contribution in [0.5, 0.6) is 0 Å². The van der Waals surface area contributed by atoms with E-state index in [1.807, 2.05) is 36.0 Å². The van der Waals surface area contributed by atoms with Gasteiger partial charge in [-0.15, -0.1) is 11.8 Å². The van der Waals surface area contributed by atoms with Gasteiger partial charge in [0.25, 0.3) is 0 Å². The molecule has 20 heavy (non-hydrogen) atoms. The summed E-state index contributed by atoms with van der Waals surface area (Å²) in [6.07, 6.45) is 3.32. The molecule has 0 spiro atoms. The fraction of sp³-hybridized carbons (Fsp3) is 0.400. The predicted molar refractivity (Wildman–Crippen MR) is 83.0 cm³/mol. The highest BCUT2D eigenvalue weighted by Gasteiger charge is 2.34. The molecule has 0 saturated carbocycles. The molecule has 0 bridgehead atoms. The zero-order valence-electron chi connectivity index (χ0n) is 11.0. The van der Waals surface area contributed by atoms with Crippen molar-refractivity contribution in [2.75, 3.05) is 19.6 Å². The highest BCUT2D eigenvalue weighted by molar-refractivity contribution is 8.09. The lowest BCUT2D eigenvalue weighted by Crippen LogP contribution is -2.52. The van der Waals surface area contributed by atoms with Crippen LogP contribution in [0.15, 0.2) is 30.3 Å². The van der Waals surface area contributed by atoms with Crippen LogP contribution in [0.2, 0.25) is 5.02 Å². The second-order valence-corrected chi connectivity index (χ2v) is 7.08. The smallest absolute Gasteiger partial charge is 0.309 e. The van der Waals surface area contributed by atoms with Crippen LogP contribution < -0.4 is 0 Å². The quantitative estimate of drug-likeness (QED) is 0.927. The zero-order valence-corrected chi connectivity index (χ0v) is 12.5. The summed E-state index contributed by atoms with van der Waals surface area (Å²) in [5, 5.41) is 10.2. The van der Waals surface area contributed by atoms with Crippen molar-refractivity contribution in [3.8, 4) is 0 Å². The topological polar surface area (TPSA) is 40.5 Å². The van der Waals surface area contributed by atoms with Crippen LogP contribution in [-0.2, 0) is 4.79 Å². The average molecular weight is 310 g/mol. The molecule has 2 aliphatic heterocycles. The van der Waals surface area contributed by atoms with E-state index in [9.17, 15) is 4.79 Å².